The number of rotatable bonds is 4. The average Bonchev–Trinajstić information content (AvgIpc) is 2.96. The van der Waals surface area contributed by atoms with Crippen LogP contribution in [0, 0.1) is 0 Å². The molecule has 0 bridgehead atoms. The Morgan fingerprint density at radius 2 is 1.67 bits per heavy atom. The average molecular weight is 446 g/mol. The van der Waals surface area contributed by atoms with Crippen LogP contribution in [0.2, 0.25) is 10.0 Å². The van der Waals surface area contributed by atoms with E-state index in [9.17, 15) is 14.4 Å². The molecule has 6 nitrogen and oxygen atoms in total. The lowest BCUT2D eigenvalue weighted by molar-refractivity contribution is -0.138. The number of carbonyl (C=O) groups is 3. The van der Waals surface area contributed by atoms with Crippen molar-refractivity contribution in [1.29, 1.82) is 0 Å². The maximum Gasteiger partial charge on any atom is 0.325 e. The molecule has 4 amide bonds. The molecule has 0 aliphatic carbocycles. The number of piperidine rings is 1. The van der Waals surface area contributed by atoms with E-state index in [0.29, 0.717) is 36.0 Å². The summed E-state index contributed by atoms with van der Waals surface area (Å²) in [4.78, 5) is 41.2. The van der Waals surface area contributed by atoms with Gasteiger partial charge in [-0.25, -0.2) is 4.79 Å². The molecule has 0 saturated carbocycles. The van der Waals surface area contributed by atoms with Gasteiger partial charge in [-0.1, -0.05) is 53.5 Å². The Hall–Kier alpha value is -2.57. The Morgan fingerprint density at radius 1 is 1.00 bits per heavy atom. The van der Waals surface area contributed by atoms with E-state index >= 15 is 0 Å². The summed E-state index contributed by atoms with van der Waals surface area (Å²) in [6.45, 7) is 1.01. The molecule has 0 radical (unpaired) electrons. The summed E-state index contributed by atoms with van der Waals surface area (Å²) in [6.07, 6.45) is 1.00. The number of hydrogen-bond acceptors (Lipinski definition) is 3. The second-order valence-electron chi connectivity index (χ2n) is 7.68. The molecule has 2 aliphatic rings. The van der Waals surface area contributed by atoms with Gasteiger partial charge in [0.25, 0.3) is 5.91 Å². The van der Waals surface area contributed by atoms with Gasteiger partial charge in [-0.15, -0.1) is 0 Å². The highest BCUT2D eigenvalue weighted by molar-refractivity contribution is 6.31. The lowest BCUT2D eigenvalue weighted by Gasteiger charge is -2.37. The normalized spacial score (nSPS) is 18.1. The summed E-state index contributed by atoms with van der Waals surface area (Å²) in [6, 6.07) is 13.9. The van der Waals surface area contributed by atoms with Crippen LogP contribution in [0.5, 0.6) is 0 Å². The van der Waals surface area contributed by atoms with Crippen LogP contribution in [0.1, 0.15) is 24.0 Å². The molecular weight excluding hydrogens is 425 g/mol. The van der Waals surface area contributed by atoms with Crippen LogP contribution < -0.4 is 5.32 Å². The van der Waals surface area contributed by atoms with Crippen LogP contribution >= 0.6 is 23.2 Å². The molecule has 0 unspecified atom stereocenters. The van der Waals surface area contributed by atoms with Gasteiger partial charge in [0.05, 0.1) is 13.0 Å². The minimum absolute atomic E-state index is 0.0345. The molecule has 2 aromatic carbocycles. The Labute approximate surface area is 184 Å². The van der Waals surface area contributed by atoms with Crippen molar-refractivity contribution in [2.24, 2.45) is 0 Å². The summed E-state index contributed by atoms with van der Waals surface area (Å²) < 4.78 is 0. The van der Waals surface area contributed by atoms with E-state index in [0.717, 1.165) is 11.1 Å². The van der Waals surface area contributed by atoms with Crippen molar-refractivity contribution in [3.05, 3.63) is 69.7 Å². The monoisotopic (exact) mass is 445 g/mol. The molecule has 156 valence electrons. The maximum absolute atomic E-state index is 13.1. The van der Waals surface area contributed by atoms with Gasteiger partial charge in [-0.05, 0) is 42.2 Å². The Balaban J connectivity index is 1.39. The topological polar surface area (TPSA) is 69.7 Å². The molecule has 2 fully saturated rings. The van der Waals surface area contributed by atoms with Gasteiger partial charge in [0.2, 0.25) is 5.91 Å². The van der Waals surface area contributed by atoms with Crippen molar-refractivity contribution < 1.29 is 14.4 Å². The summed E-state index contributed by atoms with van der Waals surface area (Å²) in [7, 11) is 0. The van der Waals surface area contributed by atoms with Gasteiger partial charge >= 0.3 is 6.03 Å². The van der Waals surface area contributed by atoms with Gasteiger partial charge in [0.1, 0.15) is 5.54 Å². The zero-order chi connectivity index (χ0) is 21.3. The zero-order valence-corrected chi connectivity index (χ0v) is 17.7. The lowest BCUT2D eigenvalue weighted by atomic mass is 9.87. The van der Waals surface area contributed by atoms with Crippen molar-refractivity contribution in [3.63, 3.8) is 0 Å². The number of nitrogens with zero attached hydrogens (tertiary/aromatic N) is 2. The maximum atomic E-state index is 13.1. The van der Waals surface area contributed by atoms with Gasteiger partial charge in [0, 0.05) is 23.1 Å². The second kappa shape index (κ2) is 8.28. The molecule has 1 spiro atoms. The fraction of sp³-hybridized carbons (Fsp3) is 0.318. The van der Waals surface area contributed by atoms with Crippen molar-refractivity contribution in [3.8, 4) is 0 Å². The van der Waals surface area contributed by atoms with Crippen molar-refractivity contribution in [1.82, 2.24) is 15.1 Å². The Morgan fingerprint density at radius 3 is 2.33 bits per heavy atom. The summed E-state index contributed by atoms with van der Waals surface area (Å²) in [5.41, 5.74) is 0.668. The SMILES string of the molecule is O=C(Cc1ccccc1Cl)N1CCC2(CC1)NC(=O)N(Cc1ccc(Cl)cc1)C2=O. The Kier molecular flexibility index (Phi) is 5.71. The van der Waals surface area contributed by atoms with Gasteiger partial charge < -0.3 is 10.2 Å². The fourth-order valence-corrected chi connectivity index (χ4v) is 4.31. The van der Waals surface area contributed by atoms with E-state index in [2.05, 4.69) is 5.32 Å². The molecule has 0 atom stereocenters. The number of nitrogens with one attached hydrogen (secondary N) is 1. The van der Waals surface area contributed by atoms with E-state index in [1.807, 2.05) is 18.2 Å². The van der Waals surface area contributed by atoms with E-state index in [-0.39, 0.29) is 24.8 Å². The standard InChI is InChI=1S/C22H21Cl2N3O3/c23-17-7-5-15(6-8-17)14-27-20(29)22(25-21(27)30)9-11-26(12-10-22)19(28)13-16-3-1-2-4-18(16)24/h1-8H,9-14H2,(H,25,30). The number of carbonyl (C=O) groups excluding carboxylic acids is 3. The first-order valence-electron chi connectivity index (χ1n) is 9.78. The van der Waals surface area contributed by atoms with Crippen molar-refractivity contribution in [2.45, 2.75) is 31.3 Å². The zero-order valence-electron chi connectivity index (χ0n) is 16.2. The predicted octanol–water partition coefficient (Wildman–Crippen LogP) is 3.65. The smallest absolute Gasteiger partial charge is 0.325 e. The van der Waals surface area contributed by atoms with E-state index in [4.69, 9.17) is 23.2 Å². The van der Waals surface area contributed by atoms with E-state index in [1.54, 1.807) is 35.2 Å². The van der Waals surface area contributed by atoms with Crippen molar-refractivity contribution in [2.75, 3.05) is 13.1 Å². The summed E-state index contributed by atoms with van der Waals surface area (Å²) >= 11 is 12.1. The van der Waals surface area contributed by atoms with E-state index < -0.39 is 11.6 Å². The molecule has 2 aliphatic heterocycles. The largest absolute Gasteiger partial charge is 0.342 e. The number of hydrogen-bond donors (Lipinski definition) is 1. The van der Waals surface area contributed by atoms with Gasteiger partial charge in [-0.3, -0.25) is 14.5 Å². The second-order valence-corrected chi connectivity index (χ2v) is 8.52. The molecule has 30 heavy (non-hydrogen) atoms. The van der Waals surface area contributed by atoms with Gasteiger partial charge in [-0.2, -0.15) is 0 Å². The first-order valence-corrected chi connectivity index (χ1v) is 10.5. The number of halogens is 2. The number of urea groups is 1. The Bertz CT molecular complexity index is 985. The summed E-state index contributed by atoms with van der Waals surface area (Å²) in [5, 5.41) is 4.03. The molecular formula is C22H21Cl2N3O3. The molecule has 2 heterocycles. The van der Waals surface area contributed by atoms with Crippen LogP contribution in [0.3, 0.4) is 0 Å². The first kappa shape index (κ1) is 20.7. The van der Waals surface area contributed by atoms with Crippen LogP contribution in [0.4, 0.5) is 4.79 Å². The quantitative estimate of drug-likeness (QED) is 0.730. The van der Waals surface area contributed by atoms with Crippen LogP contribution in [0.25, 0.3) is 0 Å². The van der Waals surface area contributed by atoms with Crippen LogP contribution in [-0.4, -0.2) is 46.3 Å². The van der Waals surface area contributed by atoms with Crippen LogP contribution in [0.15, 0.2) is 48.5 Å². The molecule has 0 aromatic heterocycles. The minimum Gasteiger partial charge on any atom is -0.342 e. The van der Waals surface area contributed by atoms with E-state index in [1.165, 1.54) is 4.90 Å². The first-order chi connectivity index (χ1) is 14.4. The minimum atomic E-state index is -0.940. The molecule has 2 aromatic rings. The number of likely N-dealkylation sites (tertiary alicyclic amines) is 1. The number of amides is 4. The fourth-order valence-electron chi connectivity index (χ4n) is 3.99. The lowest BCUT2D eigenvalue weighted by Crippen LogP contribution is -2.56. The number of benzene rings is 2. The van der Waals surface area contributed by atoms with Gasteiger partial charge in [0.15, 0.2) is 0 Å². The third-order valence-corrected chi connectivity index (χ3v) is 6.39. The predicted molar refractivity (Wildman–Crippen MR) is 114 cm³/mol. The highest BCUT2D eigenvalue weighted by atomic mass is 35.5. The molecule has 8 heteroatoms. The number of imide groups is 1. The summed E-state index contributed by atoms with van der Waals surface area (Å²) in [5.74, 6) is -0.270. The highest BCUT2D eigenvalue weighted by Crippen LogP contribution is 2.31. The third-order valence-electron chi connectivity index (χ3n) is 5.77. The molecule has 4 rings (SSSR count). The van der Waals surface area contributed by atoms with Crippen molar-refractivity contribution >= 4 is 41.0 Å². The van der Waals surface area contributed by atoms with Crippen LogP contribution in [-0.2, 0) is 22.6 Å². The third kappa shape index (κ3) is 4.02. The highest BCUT2D eigenvalue weighted by Gasteiger charge is 2.52. The molecule has 1 N–H and O–H groups in total. The molecule has 2 saturated heterocycles.